The minimum absolute atomic E-state index is 0.0224. The van der Waals surface area contributed by atoms with E-state index in [1.165, 1.54) is 0 Å². The Bertz CT molecular complexity index is 525. The molecule has 0 spiro atoms. The van der Waals surface area contributed by atoms with Crippen molar-refractivity contribution in [1.29, 1.82) is 0 Å². The molecule has 2 rings (SSSR count). The zero-order valence-electron chi connectivity index (χ0n) is 10.9. The van der Waals surface area contributed by atoms with Crippen LogP contribution in [-0.4, -0.2) is 13.4 Å². The number of ether oxygens (including phenoxy) is 1. The van der Waals surface area contributed by atoms with Gasteiger partial charge in [-0.3, -0.25) is 0 Å². The number of hydrogen-bond acceptors (Lipinski definition) is 3. The van der Waals surface area contributed by atoms with Gasteiger partial charge in [0.25, 0.3) is 0 Å². The van der Waals surface area contributed by atoms with Crippen LogP contribution in [0.5, 0.6) is 5.75 Å². The van der Waals surface area contributed by atoms with Crippen molar-refractivity contribution in [2.45, 2.75) is 12.5 Å². The SMILES string of the molecule is COc1cccc(NC(CC=O)c2ccccc2)c1. The van der Waals surface area contributed by atoms with Crippen LogP contribution in [0.25, 0.3) is 0 Å². The summed E-state index contributed by atoms with van der Waals surface area (Å²) in [5.41, 5.74) is 2.03. The summed E-state index contributed by atoms with van der Waals surface area (Å²) in [6.07, 6.45) is 1.37. The highest BCUT2D eigenvalue weighted by molar-refractivity contribution is 5.56. The molecule has 1 unspecified atom stereocenters. The lowest BCUT2D eigenvalue weighted by Gasteiger charge is -2.18. The molecule has 0 aliphatic rings. The summed E-state index contributed by atoms with van der Waals surface area (Å²) in [5, 5.41) is 3.36. The van der Waals surface area contributed by atoms with Gasteiger partial charge in [0.15, 0.2) is 0 Å². The highest BCUT2D eigenvalue weighted by Gasteiger charge is 2.10. The van der Waals surface area contributed by atoms with Gasteiger partial charge in [-0.2, -0.15) is 0 Å². The van der Waals surface area contributed by atoms with E-state index in [1.807, 2.05) is 54.6 Å². The topological polar surface area (TPSA) is 38.3 Å². The molecule has 0 aliphatic heterocycles. The third-order valence-electron chi connectivity index (χ3n) is 2.94. The number of aldehydes is 1. The van der Waals surface area contributed by atoms with Crippen molar-refractivity contribution >= 4 is 12.0 Å². The van der Waals surface area contributed by atoms with Crippen LogP contribution in [0.15, 0.2) is 54.6 Å². The van der Waals surface area contributed by atoms with Gasteiger partial charge in [0, 0.05) is 18.2 Å². The molecule has 0 bridgehead atoms. The molecule has 0 heterocycles. The van der Waals surface area contributed by atoms with E-state index >= 15 is 0 Å². The fourth-order valence-corrected chi connectivity index (χ4v) is 1.97. The minimum Gasteiger partial charge on any atom is -0.497 e. The Morgan fingerprint density at radius 3 is 2.63 bits per heavy atom. The maximum Gasteiger partial charge on any atom is 0.122 e. The van der Waals surface area contributed by atoms with Gasteiger partial charge in [-0.1, -0.05) is 36.4 Å². The monoisotopic (exact) mass is 255 g/mol. The van der Waals surface area contributed by atoms with E-state index < -0.39 is 0 Å². The fraction of sp³-hybridized carbons (Fsp3) is 0.188. The van der Waals surface area contributed by atoms with Crippen LogP contribution in [0.2, 0.25) is 0 Å². The zero-order valence-corrected chi connectivity index (χ0v) is 10.9. The van der Waals surface area contributed by atoms with E-state index in [9.17, 15) is 4.79 Å². The fourth-order valence-electron chi connectivity index (χ4n) is 1.97. The molecule has 0 fully saturated rings. The maximum atomic E-state index is 10.8. The van der Waals surface area contributed by atoms with E-state index in [1.54, 1.807) is 7.11 Å². The Labute approximate surface area is 113 Å². The van der Waals surface area contributed by atoms with Crippen molar-refractivity contribution in [3.05, 3.63) is 60.2 Å². The summed E-state index contributed by atoms with van der Waals surface area (Å²) < 4.78 is 5.19. The van der Waals surface area contributed by atoms with Crippen LogP contribution in [0.1, 0.15) is 18.0 Å². The Hall–Kier alpha value is -2.29. The molecule has 1 N–H and O–H groups in total. The van der Waals surface area contributed by atoms with Gasteiger partial charge in [-0.15, -0.1) is 0 Å². The average Bonchev–Trinajstić information content (AvgIpc) is 2.48. The number of anilines is 1. The predicted molar refractivity (Wildman–Crippen MR) is 76.5 cm³/mol. The van der Waals surface area contributed by atoms with E-state index in [4.69, 9.17) is 4.74 Å². The van der Waals surface area contributed by atoms with E-state index in [0.29, 0.717) is 6.42 Å². The lowest BCUT2D eigenvalue weighted by atomic mass is 10.0. The first-order chi connectivity index (χ1) is 9.33. The third kappa shape index (κ3) is 3.58. The number of carbonyl (C=O) groups is 1. The molecule has 1 atom stereocenters. The van der Waals surface area contributed by atoms with Gasteiger partial charge in [0.1, 0.15) is 12.0 Å². The molecule has 2 aromatic carbocycles. The molecule has 0 amide bonds. The molecular weight excluding hydrogens is 238 g/mol. The number of rotatable bonds is 6. The predicted octanol–water partition coefficient (Wildman–Crippen LogP) is 3.44. The number of nitrogens with one attached hydrogen (secondary N) is 1. The van der Waals surface area contributed by atoms with Gasteiger partial charge in [0.05, 0.1) is 13.2 Å². The van der Waals surface area contributed by atoms with E-state index in [-0.39, 0.29) is 6.04 Å². The summed E-state index contributed by atoms with van der Waals surface area (Å²) >= 11 is 0. The van der Waals surface area contributed by atoms with Crippen LogP contribution in [0, 0.1) is 0 Å². The first-order valence-electron chi connectivity index (χ1n) is 6.22. The van der Waals surface area contributed by atoms with Crippen LogP contribution in [0.4, 0.5) is 5.69 Å². The summed E-state index contributed by atoms with van der Waals surface area (Å²) in [7, 11) is 1.64. The van der Waals surface area contributed by atoms with Crippen molar-refractivity contribution in [1.82, 2.24) is 0 Å². The summed E-state index contributed by atoms with van der Waals surface area (Å²) in [6.45, 7) is 0. The standard InChI is InChI=1S/C16H17NO2/c1-19-15-9-5-8-14(12-15)17-16(10-11-18)13-6-3-2-4-7-13/h2-9,11-12,16-17H,10H2,1H3. The Balaban J connectivity index is 2.18. The van der Waals surface area contributed by atoms with Crippen LogP contribution < -0.4 is 10.1 Å². The molecule has 3 nitrogen and oxygen atoms in total. The van der Waals surface area contributed by atoms with Crippen molar-refractivity contribution in [2.75, 3.05) is 12.4 Å². The first kappa shape index (κ1) is 13.1. The first-order valence-corrected chi connectivity index (χ1v) is 6.22. The highest BCUT2D eigenvalue weighted by atomic mass is 16.5. The highest BCUT2D eigenvalue weighted by Crippen LogP contribution is 2.24. The molecule has 0 aromatic heterocycles. The zero-order chi connectivity index (χ0) is 13.5. The summed E-state index contributed by atoms with van der Waals surface area (Å²) in [5.74, 6) is 0.794. The van der Waals surface area contributed by atoms with Crippen LogP contribution in [-0.2, 0) is 4.79 Å². The van der Waals surface area contributed by atoms with E-state index in [2.05, 4.69) is 5.32 Å². The smallest absolute Gasteiger partial charge is 0.122 e. The van der Waals surface area contributed by atoms with Gasteiger partial charge in [0.2, 0.25) is 0 Å². The Kier molecular flexibility index (Phi) is 4.56. The minimum atomic E-state index is -0.0224. The molecule has 0 saturated carbocycles. The largest absolute Gasteiger partial charge is 0.497 e. The molecular formula is C16H17NO2. The second-order valence-corrected chi connectivity index (χ2v) is 4.24. The number of methoxy groups -OCH3 is 1. The molecule has 19 heavy (non-hydrogen) atoms. The molecule has 3 heteroatoms. The third-order valence-corrected chi connectivity index (χ3v) is 2.94. The van der Waals surface area contributed by atoms with Gasteiger partial charge >= 0.3 is 0 Å². The van der Waals surface area contributed by atoms with E-state index in [0.717, 1.165) is 23.3 Å². The van der Waals surface area contributed by atoms with Crippen molar-refractivity contribution in [2.24, 2.45) is 0 Å². The molecule has 0 saturated heterocycles. The molecule has 2 aromatic rings. The lowest BCUT2D eigenvalue weighted by molar-refractivity contribution is -0.108. The molecule has 98 valence electrons. The number of carbonyl (C=O) groups excluding carboxylic acids is 1. The van der Waals surface area contributed by atoms with Crippen LogP contribution >= 0.6 is 0 Å². The summed E-state index contributed by atoms with van der Waals surface area (Å²) in [4.78, 5) is 10.8. The number of hydrogen-bond donors (Lipinski definition) is 1. The summed E-state index contributed by atoms with van der Waals surface area (Å²) in [6, 6.07) is 17.6. The van der Waals surface area contributed by atoms with Crippen molar-refractivity contribution < 1.29 is 9.53 Å². The van der Waals surface area contributed by atoms with Crippen molar-refractivity contribution in [3.8, 4) is 5.75 Å². The Morgan fingerprint density at radius 1 is 1.16 bits per heavy atom. The second kappa shape index (κ2) is 6.59. The normalized spacial score (nSPS) is 11.6. The maximum absolute atomic E-state index is 10.8. The second-order valence-electron chi connectivity index (χ2n) is 4.24. The lowest BCUT2D eigenvalue weighted by Crippen LogP contribution is -2.11. The van der Waals surface area contributed by atoms with Crippen molar-refractivity contribution in [3.63, 3.8) is 0 Å². The van der Waals surface area contributed by atoms with Gasteiger partial charge in [-0.05, 0) is 17.7 Å². The number of benzene rings is 2. The molecule has 0 aliphatic carbocycles. The molecule has 0 radical (unpaired) electrons. The average molecular weight is 255 g/mol. The van der Waals surface area contributed by atoms with Gasteiger partial charge in [-0.25, -0.2) is 0 Å². The van der Waals surface area contributed by atoms with Gasteiger partial charge < -0.3 is 14.8 Å². The quantitative estimate of drug-likeness (QED) is 0.804. The Morgan fingerprint density at radius 2 is 1.95 bits per heavy atom. The van der Waals surface area contributed by atoms with Crippen LogP contribution in [0.3, 0.4) is 0 Å².